The number of aryl methyl sites for hydroxylation is 1. The number of nitrogens with one attached hydrogen (secondary N) is 1. The lowest BCUT2D eigenvalue weighted by Gasteiger charge is -2.25. The average molecular weight is 455 g/mol. The number of hydrogen-bond donors (Lipinski definition) is 1. The molecule has 1 aromatic carbocycles. The smallest absolute Gasteiger partial charge is 0.312 e. The maximum atomic E-state index is 13.2. The zero-order valence-corrected chi connectivity index (χ0v) is 18.4. The molecule has 0 radical (unpaired) electrons. The molecular formula is C21H22N6O4S. The molecule has 1 aliphatic rings. The van der Waals surface area contributed by atoms with Crippen molar-refractivity contribution in [3.05, 3.63) is 58.4 Å². The second kappa shape index (κ2) is 8.22. The highest BCUT2D eigenvalue weighted by atomic mass is 32.2. The Hall–Kier alpha value is -3.49. The van der Waals surface area contributed by atoms with Crippen LogP contribution in [-0.2, 0) is 10.0 Å². The van der Waals surface area contributed by atoms with E-state index in [0.29, 0.717) is 18.4 Å². The summed E-state index contributed by atoms with van der Waals surface area (Å²) in [7, 11) is -3.94. The third-order valence-electron chi connectivity index (χ3n) is 5.76. The Morgan fingerprint density at radius 2 is 2.03 bits per heavy atom. The number of aromatic nitrogens is 2. The first-order valence-corrected chi connectivity index (χ1v) is 11.6. The first kappa shape index (κ1) is 21.7. The van der Waals surface area contributed by atoms with E-state index in [1.165, 1.54) is 24.4 Å². The van der Waals surface area contributed by atoms with Crippen LogP contribution in [0.15, 0.2) is 47.6 Å². The summed E-state index contributed by atoms with van der Waals surface area (Å²) >= 11 is 0. The minimum atomic E-state index is -3.94. The van der Waals surface area contributed by atoms with Gasteiger partial charge in [-0.1, -0.05) is 24.6 Å². The molecule has 2 atom stereocenters. The summed E-state index contributed by atoms with van der Waals surface area (Å²) in [5.74, 6) is -0.185. The predicted molar refractivity (Wildman–Crippen MR) is 118 cm³/mol. The summed E-state index contributed by atoms with van der Waals surface area (Å²) in [5, 5.41) is 23.1. The highest BCUT2D eigenvalue weighted by Gasteiger charge is 2.33. The lowest BCUT2D eigenvalue weighted by molar-refractivity contribution is -0.384. The van der Waals surface area contributed by atoms with Gasteiger partial charge in [0.15, 0.2) is 5.65 Å². The van der Waals surface area contributed by atoms with Crippen LogP contribution in [0.5, 0.6) is 0 Å². The van der Waals surface area contributed by atoms with Gasteiger partial charge in [-0.05, 0) is 38.0 Å². The molecule has 1 aliphatic heterocycles. The van der Waals surface area contributed by atoms with Gasteiger partial charge in [0.25, 0.3) is 10.0 Å². The Morgan fingerprint density at radius 1 is 1.31 bits per heavy atom. The van der Waals surface area contributed by atoms with Gasteiger partial charge >= 0.3 is 5.69 Å². The number of benzene rings is 1. The van der Waals surface area contributed by atoms with Crippen molar-refractivity contribution in [2.24, 2.45) is 5.92 Å². The molecule has 0 bridgehead atoms. The molecular weight excluding hydrogens is 432 g/mol. The van der Waals surface area contributed by atoms with E-state index in [2.05, 4.69) is 16.5 Å². The van der Waals surface area contributed by atoms with Gasteiger partial charge in [-0.15, -0.1) is 0 Å². The second-order valence-electron chi connectivity index (χ2n) is 7.83. The van der Waals surface area contributed by atoms with Crippen LogP contribution in [0, 0.1) is 34.3 Å². The van der Waals surface area contributed by atoms with Crippen molar-refractivity contribution in [2.75, 3.05) is 12.0 Å². The number of nitrogens with zero attached hydrogens (tertiary/aromatic N) is 5. The van der Waals surface area contributed by atoms with E-state index < -0.39 is 14.9 Å². The molecule has 10 nitrogen and oxygen atoms in total. The van der Waals surface area contributed by atoms with Gasteiger partial charge < -0.3 is 5.43 Å². The minimum absolute atomic E-state index is 0.0286. The van der Waals surface area contributed by atoms with Gasteiger partial charge in [0.05, 0.1) is 27.2 Å². The number of rotatable bonds is 6. The molecule has 166 valence electrons. The Morgan fingerprint density at radius 3 is 2.66 bits per heavy atom. The second-order valence-corrected chi connectivity index (χ2v) is 9.65. The molecule has 0 amide bonds. The molecule has 32 heavy (non-hydrogen) atoms. The van der Waals surface area contributed by atoms with Crippen molar-refractivity contribution >= 4 is 32.4 Å². The van der Waals surface area contributed by atoms with Crippen LogP contribution < -0.4 is 5.43 Å². The zero-order valence-electron chi connectivity index (χ0n) is 17.6. The van der Waals surface area contributed by atoms with Crippen LogP contribution >= 0.6 is 0 Å². The Bertz CT molecular complexity index is 1330. The van der Waals surface area contributed by atoms with Crippen molar-refractivity contribution in [3.8, 4) is 6.07 Å². The van der Waals surface area contributed by atoms with Crippen LogP contribution in [0.4, 0.5) is 11.4 Å². The maximum absolute atomic E-state index is 13.2. The van der Waals surface area contributed by atoms with E-state index >= 15 is 0 Å². The van der Waals surface area contributed by atoms with Crippen molar-refractivity contribution < 1.29 is 13.3 Å². The van der Waals surface area contributed by atoms with Crippen molar-refractivity contribution in [2.45, 2.75) is 37.6 Å². The van der Waals surface area contributed by atoms with Gasteiger partial charge in [0.1, 0.15) is 11.9 Å². The monoisotopic (exact) mass is 454 g/mol. The molecule has 11 heteroatoms. The SMILES string of the molecule is CC[C@@H]1C[C@H](C#N)CN1Nc1c([N+](=O)[O-])cnc2c1ccn2S(=O)(=O)c1ccc(C)cc1. The van der Waals surface area contributed by atoms with Gasteiger partial charge in [-0.25, -0.2) is 22.4 Å². The van der Waals surface area contributed by atoms with Crippen LogP contribution in [0.25, 0.3) is 11.0 Å². The standard InChI is InChI=1S/C21H22N6O4S/c1-3-16-10-15(11-22)13-25(16)24-20-18-8-9-26(21(18)23-12-19(20)27(28)29)32(30,31)17-6-4-14(2)5-7-17/h4-9,12,15-16H,3,10,13H2,1-2H3,(H,23,24)/t15-,16-/m1/s1. The quantitative estimate of drug-likeness (QED) is 0.442. The largest absolute Gasteiger partial charge is 0.312 e. The molecule has 0 saturated carbocycles. The van der Waals surface area contributed by atoms with Gasteiger partial charge in [-0.2, -0.15) is 5.26 Å². The van der Waals surface area contributed by atoms with E-state index in [1.54, 1.807) is 12.1 Å². The fourth-order valence-corrected chi connectivity index (χ4v) is 5.31. The van der Waals surface area contributed by atoms with E-state index in [4.69, 9.17) is 0 Å². The molecule has 3 heterocycles. The van der Waals surface area contributed by atoms with Crippen molar-refractivity contribution in [3.63, 3.8) is 0 Å². The van der Waals surface area contributed by atoms with Gasteiger partial charge in [0.2, 0.25) is 0 Å². The fraction of sp³-hybridized carbons (Fsp3) is 0.333. The van der Waals surface area contributed by atoms with Crippen LogP contribution in [0.3, 0.4) is 0 Å². The van der Waals surface area contributed by atoms with Crippen LogP contribution in [0.1, 0.15) is 25.3 Å². The zero-order chi connectivity index (χ0) is 23.0. The normalized spacial score (nSPS) is 19.2. The summed E-state index contributed by atoms with van der Waals surface area (Å²) < 4.78 is 27.4. The molecule has 4 rings (SSSR count). The third kappa shape index (κ3) is 3.68. The number of fused-ring (bicyclic) bond motifs is 1. The van der Waals surface area contributed by atoms with Crippen molar-refractivity contribution in [1.82, 2.24) is 14.0 Å². The van der Waals surface area contributed by atoms with Crippen LogP contribution in [0.2, 0.25) is 0 Å². The first-order valence-electron chi connectivity index (χ1n) is 10.2. The number of hydrogen-bond acceptors (Lipinski definition) is 8. The molecule has 0 aliphatic carbocycles. The highest BCUT2D eigenvalue weighted by molar-refractivity contribution is 7.90. The highest BCUT2D eigenvalue weighted by Crippen LogP contribution is 2.36. The lowest BCUT2D eigenvalue weighted by atomic mass is 10.1. The first-order chi connectivity index (χ1) is 15.3. The van der Waals surface area contributed by atoms with Crippen molar-refractivity contribution in [1.29, 1.82) is 5.26 Å². The molecule has 2 aromatic heterocycles. The van der Waals surface area contributed by atoms with E-state index in [1.807, 2.05) is 18.9 Å². The van der Waals surface area contributed by atoms with Gasteiger partial charge in [0, 0.05) is 18.8 Å². The molecule has 1 fully saturated rings. The summed E-state index contributed by atoms with van der Waals surface area (Å²) in [5.41, 5.74) is 4.01. The average Bonchev–Trinajstić information content (AvgIpc) is 3.38. The molecule has 0 spiro atoms. The molecule has 1 saturated heterocycles. The molecule has 3 aromatic rings. The van der Waals surface area contributed by atoms with Gasteiger partial charge in [-0.3, -0.25) is 10.1 Å². The molecule has 1 N–H and O–H groups in total. The van der Waals surface area contributed by atoms with E-state index in [-0.39, 0.29) is 33.9 Å². The Kier molecular flexibility index (Phi) is 5.58. The van der Waals surface area contributed by atoms with Crippen LogP contribution in [-0.4, -0.2) is 39.9 Å². The topological polar surface area (TPSA) is 134 Å². The maximum Gasteiger partial charge on any atom is 0.312 e. The summed E-state index contributed by atoms with van der Waals surface area (Å²) in [6.07, 6.45) is 3.83. The lowest BCUT2D eigenvalue weighted by Crippen LogP contribution is -2.35. The van der Waals surface area contributed by atoms with E-state index in [0.717, 1.165) is 22.2 Å². The summed E-state index contributed by atoms with van der Waals surface area (Å²) in [4.78, 5) is 15.3. The Labute approximate surface area is 185 Å². The third-order valence-corrected chi connectivity index (χ3v) is 7.44. The number of nitriles is 1. The number of hydrazine groups is 1. The predicted octanol–water partition coefficient (Wildman–Crippen LogP) is 3.44. The number of nitro groups is 1. The minimum Gasteiger partial charge on any atom is -0.312 e. The summed E-state index contributed by atoms with van der Waals surface area (Å²) in [6.45, 7) is 4.26. The Balaban J connectivity index is 1.82. The number of pyridine rings is 1. The molecule has 0 unspecified atom stereocenters. The van der Waals surface area contributed by atoms with E-state index in [9.17, 15) is 23.8 Å². The fourth-order valence-electron chi connectivity index (χ4n) is 4.00. The number of anilines is 1. The summed E-state index contributed by atoms with van der Waals surface area (Å²) in [6, 6.07) is 10.2.